The summed E-state index contributed by atoms with van der Waals surface area (Å²) in [7, 11) is 1.78. The van der Waals surface area contributed by atoms with Crippen LogP contribution in [0.25, 0.3) is 0 Å². The van der Waals surface area contributed by atoms with Gasteiger partial charge in [-0.05, 0) is 25.7 Å². The highest BCUT2D eigenvalue weighted by molar-refractivity contribution is 5.92. The van der Waals surface area contributed by atoms with E-state index in [1.165, 1.54) is 19.3 Å². The number of fused-ring (bicyclic) bond motifs is 1. The molecule has 0 bridgehead atoms. The van der Waals surface area contributed by atoms with Crippen molar-refractivity contribution >= 4 is 5.91 Å². The van der Waals surface area contributed by atoms with Gasteiger partial charge in [-0.25, -0.2) is 4.98 Å². The maximum Gasteiger partial charge on any atom is 0.274 e. The minimum absolute atomic E-state index is 0.0620. The average Bonchev–Trinajstić information content (AvgIpc) is 3.27. The number of aromatic nitrogens is 2. The third-order valence-corrected chi connectivity index (χ3v) is 5.85. The SMILES string of the molecule is CO[C@@H]1CCC[C@H]1[C@@H]1COCCN1C(=O)c1cn2c(n1)CCCC2. The minimum atomic E-state index is 0.0620. The van der Waals surface area contributed by atoms with Crippen molar-refractivity contribution in [3.8, 4) is 0 Å². The van der Waals surface area contributed by atoms with Crippen LogP contribution < -0.4 is 0 Å². The number of aryl methyl sites for hydroxylation is 2. The van der Waals surface area contributed by atoms with Crippen molar-refractivity contribution in [2.45, 2.75) is 57.2 Å². The van der Waals surface area contributed by atoms with Crippen molar-refractivity contribution in [1.29, 1.82) is 0 Å². The van der Waals surface area contributed by atoms with E-state index in [0.29, 0.717) is 31.4 Å². The molecule has 6 heteroatoms. The first-order valence-electron chi connectivity index (χ1n) is 9.25. The molecule has 1 saturated carbocycles. The molecule has 132 valence electrons. The zero-order valence-corrected chi connectivity index (χ0v) is 14.4. The van der Waals surface area contributed by atoms with Crippen molar-refractivity contribution in [2.24, 2.45) is 5.92 Å². The molecule has 24 heavy (non-hydrogen) atoms. The lowest BCUT2D eigenvalue weighted by atomic mass is 9.94. The standard InChI is InChI=1S/C18H27N3O3/c1-23-16-6-4-5-13(16)15-12-24-10-9-21(15)18(22)14-11-20-8-3-2-7-17(20)19-14/h11,13,15-16H,2-10,12H2,1H3/t13-,15-,16+/m0/s1. The molecule has 3 atom stereocenters. The molecule has 4 rings (SSSR count). The van der Waals surface area contributed by atoms with E-state index in [-0.39, 0.29) is 18.1 Å². The number of imidazole rings is 1. The molecular formula is C18H27N3O3. The first-order chi connectivity index (χ1) is 11.8. The average molecular weight is 333 g/mol. The van der Waals surface area contributed by atoms with Crippen LogP contribution in [-0.4, -0.2) is 59.4 Å². The molecule has 1 saturated heterocycles. The monoisotopic (exact) mass is 333 g/mol. The number of nitrogens with zero attached hydrogens (tertiary/aromatic N) is 3. The zero-order chi connectivity index (χ0) is 16.5. The quantitative estimate of drug-likeness (QED) is 0.847. The largest absolute Gasteiger partial charge is 0.381 e. The van der Waals surface area contributed by atoms with Gasteiger partial charge in [0, 0.05) is 38.7 Å². The number of methoxy groups -OCH3 is 1. The predicted molar refractivity (Wildman–Crippen MR) is 88.9 cm³/mol. The Morgan fingerprint density at radius 2 is 2.21 bits per heavy atom. The topological polar surface area (TPSA) is 56.6 Å². The number of carbonyl (C=O) groups is 1. The van der Waals surface area contributed by atoms with Crippen molar-refractivity contribution in [1.82, 2.24) is 14.5 Å². The molecule has 1 aliphatic carbocycles. The summed E-state index contributed by atoms with van der Waals surface area (Å²) in [4.78, 5) is 19.8. The van der Waals surface area contributed by atoms with Crippen LogP contribution in [0.1, 0.15) is 48.4 Å². The zero-order valence-electron chi connectivity index (χ0n) is 14.4. The van der Waals surface area contributed by atoms with E-state index in [1.54, 1.807) is 7.11 Å². The Hall–Kier alpha value is -1.40. The Balaban J connectivity index is 1.55. The van der Waals surface area contributed by atoms with Crippen LogP contribution in [0.15, 0.2) is 6.20 Å². The van der Waals surface area contributed by atoms with Gasteiger partial charge >= 0.3 is 0 Å². The lowest BCUT2D eigenvalue weighted by Gasteiger charge is -2.40. The van der Waals surface area contributed by atoms with E-state index in [0.717, 1.165) is 31.6 Å². The molecule has 2 fully saturated rings. The highest BCUT2D eigenvalue weighted by atomic mass is 16.5. The molecule has 3 heterocycles. The van der Waals surface area contributed by atoms with E-state index in [1.807, 2.05) is 11.1 Å². The number of amides is 1. The van der Waals surface area contributed by atoms with Gasteiger partial charge in [0.1, 0.15) is 11.5 Å². The molecule has 1 aromatic rings. The maximum atomic E-state index is 13.1. The summed E-state index contributed by atoms with van der Waals surface area (Å²) < 4.78 is 13.5. The van der Waals surface area contributed by atoms with Crippen molar-refractivity contribution in [3.05, 3.63) is 17.7 Å². The first-order valence-corrected chi connectivity index (χ1v) is 9.25. The fourth-order valence-electron chi connectivity index (χ4n) is 4.58. The smallest absolute Gasteiger partial charge is 0.274 e. The Morgan fingerprint density at radius 3 is 3.04 bits per heavy atom. The maximum absolute atomic E-state index is 13.1. The van der Waals surface area contributed by atoms with Crippen molar-refractivity contribution in [2.75, 3.05) is 26.9 Å². The van der Waals surface area contributed by atoms with Crippen molar-refractivity contribution in [3.63, 3.8) is 0 Å². The van der Waals surface area contributed by atoms with Gasteiger partial charge in [-0.2, -0.15) is 0 Å². The van der Waals surface area contributed by atoms with E-state index in [9.17, 15) is 4.79 Å². The molecular weight excluding hydrogens is 306 g/mol. The number of morpholine rings is 1. The number of ether oxygens (including phenoxy) is 2. The van der Waals surface area contributed by atoms with Gasteiger partial charge in [0.15, 0.2) is 0 Å². The number of hydrogen-bond acceptors (Lipinski definition) is 4. The summed E-state index contributed by atoms with van der Waals surface area (Å²) in [5, 5.41) is 0. The Bertz CT molecular complexity index is 577. The van der Waals surface area contributed by atoms with Crippen LogP contribution in [0.2, 0.25) is 0 Å². The number of rotatable bonds is 3. The van der Waals surface area contributed by atoms with Crippen LogP contribution in [0.5, 0.6) is 0 Å². The van der Waals surface area contributed by atoms with Gasteiger partial charge in [0.25, 0.3) is 5.91 Å². The normalized spacial score (nSPS) is 30.4. The molecule has 0 radical (unpaired) electrons. The summed E-state index contributed by atoms with van der Waals surface area (Å²) in [6.45, 7) is 2.86. The molecule has 0 N–H and O–H groups in total. The molecule has 2 aliphatic heterocycles. The summed E-state index contributed by atoms with van der Waals surface area (Å²) in [6, 6.07) is 0.109. The van der Waals surface area contributed by atoms with Crippen LogP contribution in [0, 0.1) is 5.92 Å². The molecule has 0 aromatic carbocycles. The second-order valence-electron chi connectivity index (χ2n) is 7.20. The van der Waals surface area contributed by atoms with Crippen LogP contribution in [-0.2, 0) is 22.4 Å². The molecule has 1 amide bonds. The predicted octanol–water partition coefficient (Wildman–Crippen LogP) is 1.88. The van der Waals surface area contributed by atoms with Crippen LogP contribution in [0.3, 0.4) is 0 Å². The van der Waals surface area contributed by atoms with E-state index in [2.05, 4.69) is 9.55 Å². The van der Waals surface area contributed by atoms with Crippen LogP contribution in [0.4, 0.5) is 0 Å². The third kappa shape index (κ3) is 2.86. The summed E-state index contributed by atoms with van der Waals surface area (Å²) >= 11 is 0. The fraction of sp³-hybridized carbons (Fsp3) is 0.778. The Morgan fingerprint density at radius 1 is 1.29 bits per heavy atom. The van der Waals surface area contributed by atoms with Gasteiger partial charge in [0.05, 0.1) is 25.4 Å². The molecule has 0 spiro atoms. The fourth-order valence-corrected chi connectivity index (χ4v) is 4.58. The highest BCUT2D eigenvalue weighted by Crippen LogP contribution is 2.34. The molecule has 0 unspecified atom stereocenters. The molecule has 6 nitrogen and oxygen atoms in total. The van der Waals surface area contributed by atoms with Gasteiger partial charge in [0.2, 0.25) is 0 Å². The minimum Gasteiger partial charge on any atom is -0.381 e. The second-order valence-corrected chi connectivity index (χ2v) is 7.20. The first kappa shape index (κ1) is 16.1. The number of carbonyl (C=O) groups excluding carboxylic acids is 1. The van der Waals surface area contributed by atoms with Crippen LogP contribution >= 0.6 is 0 Å². The van der Waals surface area contributed by atoms with E-state index in [4.69, 9.17) is 9.47 Å². The lowest BCUT2D eigenvalue weighted by Crippen LogP contribution is -2.53. The van der Waals surface area contributed by atoms with E-state index >= 15 is 0 Å². The second kappa shape index (κ2) is 6.84. The van der Waals surface area contributed by atoms with Crippen molar-refractivity contribution < 1.29 is 14.3 Å². The van der Waals surface area contributed by atoms with Gasteiger partial charge < -0.3 is 18.9 Å². The highest BCUT2D eigenvalue weighted by Gasteiger charge is 2.41. The number of hydrogen-bond donors (Lipinski definition) is 0. The summed E-state index contributed by atoms with van der Waals surface area (Å²) in [6.07, 6.45) is 8.87. The van der Waals surface area contributed by atoms with Gasteiger partial charge in [-0.1, -0.05) is 6.42 Å². The molecule has 3 aliphatic rings. The summed E-state index contributed by atoms with van der Waals surface area (Å²) in [5.41, 5.74) is 0.603. The third-order valence-electron chi connectivity index (χ3n) is 5.85. The Kier molecular flexibility index (Phi) is 4.59. The lowest BCUT2D eigenvalue weighted by molar-refractivity contribution is -0.0462. The summed E-state index contributed by atoms with van der Waals surface area (Å²) in [5.74, 6) is 1.49. The van der Waals surface area contributed by atoms with E-state index < -0.39 is 0 Å². The van der Waals surface area contributed by atoms with Gasteiger partial charge in [-0.15, -0.1) is 0 Å². The Labute approximate surface area is 143 Å². The van der Waals surface area contributed by atoms with Gasteiger partial charge in [-0.3, -0.25) is 4.79 Å². The molecule has 1 aromatic heterocycles.